The molecule has 1 aromatic carbocycles. The second-order valence-electron chi connectivity index (χ2n) is 2.57. The molecule has 0 unspecified atom stereocenters. The number of nitrogens with two attached hydrogens (primary N) is 1. The lowest BCUT2D eigenvalue weighted by atomic mass is 10.3. The van der Waals surface area contributed by atoms with Gasteiger partial charge in [-0.15, -0.1) is 5.10 Å². The van der Waals surface area contributed by atoms with Gasteiger partial charge in [-0.25, -0.2) is 0 Å². The second kappa shape index (κ2) is 3.14. The molecule has 13 heavy (non-hydrogen) atoms. The molecule has 2 rings (SSSR count). The first-order chi connectivity index (χ1) is 6.36. The van der Waals surface area contributed by atoms with Crippen molar-refractivity contribution in [1.29, 1.82) is 0 Å². The van der Waals surface area contributed by atoms with Crippen LogP contribution in [0.2, 0.25) is 0 Å². The molecule has 0 amide bonds. The van der Waals surface area contributed by atoms with Crippen LogP contribution in [-0.2, 0) is 0 Å². The van der Waals surface area contributed by atoms with E-state index in [1.54, 1.807) is 6.20 Å². The molecule has 2 aromatic rings. The van der Waals surface area contributed by atoms with Crippen LogP contribution in [-0.4, -0.2) is 15.4 Å². The fourth-order valence-electron chi connectivity index (χ4n) is 1.01. The van der Waals surface area contributed by atoms with Gasteiger partial charge in [-0.1, -0.05) is 12.1 Å². The number of rotatable bonds is 2. The van der Waals surface area contributed by atoms with Crippen molar-refractivity contribution >= 4 is 17.2 Å². The summed E-state index contributed by atoms with van der Waals surface area (Å²) < 4.78 is 0. The quantitative estimate of drug-likeness (QED) is 0.598. The Bertz CT molecular complexity index is 381. The number of hydrogen-bond donors (Lipinski definition) is 3. The molecule has 1 aromatic heterocycles. The number of aromatic amines is 1. The molecule has 0 aliphatic heterocycles. The van der Waals surface area contributed by atoms with E-state index in [2.05, 4.69) is 20.7 Å². The molecule has 0 aliphatic carbocycles. The first-order valence-corrected chi connectivity index (χ1v) is 3.83. The Morgan fingerprint density at radius 2 is 2.15 bits per heavy atom. The molecule has 0 spiro atoms. The van der Waals surface area contributed by atoms with Crippen molar-refractivity contribution in [3.8, 4) is 0 Å². The predicted molar refractivity (Wildman–Crippen MR) is 50.5 cm³/mol. The SMILES string of the molecule is Nc1ccccc1Nc1cn[nH]n1. The Hall–Kier alpha value is -2.04. The Labute approximate surface area is 75.0 Å². The van der Waals surface area contributed by atoms with Crippen molar-refractivity contribution < 1.29 is 0 Å². The third-order valence-corrected chi connectivity index (χ3v) is 1.64. The van der Waals surface area contributed by atoms with Gasteiger partial charge < -0.3 is 11.1 Å². The molecule has 0 radical (unpaired) electrons. The van der Waals surface area contributed by atoms with E-state index in [1.807, 2.05) is 24.3 Å². The highest BCUT2D eigenvalue weighted by Gasteiger charge is 1.98. The zero-order valence-electron chi connectivity index (χ0n) is 6.86. The number of anilines is 3. The van der Waals surface area contributed by atoms with E-state index in [4.69, 9.17) is 5.73 Å². The smallest absolute Gasteiger partial charge is 0.172 e. The first kappa shape index (κ1) is 7.60. The van der Waals surface area contributed by atoms with Crippen LogP contribution in [0.3, 0.4) is 0 Å². The molecule has 0 aliphatic rings. The highest BCUT2D eigenvalue weighted by atomic mass is 15.4. The van der Waals surface area contributed by atoms with Crippen LogP contribution in [0.1, 0.15) is 0 Å². The molecule has 5 nitrogen and oxygen atoms in total. The van der Waals surface area contributed by atoms with Crippen LogP contribution in [0.5, 0.6) is 0 Å². The average Bonchev–Trinajstić information content (AvgIpc) is 2.61. The summed E-state index contributed by atoms with van der Waals surface area (Å²) in [7, 11) is 0. The topological polar surface area (TPSA) is 79.6 Å². The fraction of sp³-hybridized carbons (Fsp3) is 0. The number of nitrogen functional groups attached to an aromatic ring is 1. The van der Waals surface area contributed by atoms with Gasteiger partial charge in [0.1, 0.15) is 0 Å². The largest absolute Gasteiger partial charge is 0.397 e. The molecule has 0 saturated carbocycles. The van der Waals surface area contributed by atoms with Gasteiger partial charge in [-0.2, -0.15) is 10.3 Å². The van der Waals surface area contributed by atoms with Crippen molar-refractivity contribution in [2.45, 2.75) is 0 Å². The van der Waals surface area contributed by atoms with E-state index in [0.717, 1.165) is 5.69 Å². The standard InChI is InChI=1S/C8H9N5/c9-6-3-1-2-4-7(6)11-8-5-10-13-12-8/h1-5H,9H2,(H2,10,11,12,13). The minimum atomic E-state index is 0.651. The minimum absolute atomic E-state index is 0.651. The molecule has 66 valence electrons. The maximum absolute atomic E-state index is 5.72. The molecule has 1 heterocycles. The van der Waals surface area contributed by atoms with Crippen molar-refractivity contribution in [3.63, 3.8) is 0 Å². The molecule has 0 atom stereocenters. The maximum Gasteiger partial charge on any atom is 0.172 e. The van der Waals surface area contributed by atoms with Crippen LogP contribution in [0, 0.1) is 0 Å². The Kier molecular flexibility index (Phi) is 1.84. The lowest BCUT2D eigenvalue weighted by molar-refractivity contribution is 0.942. The van der Waals surface area contributed by atoms with Gasteiger partial charge in [0.15, 0.2) is 5.82 Å². The van der Waals surface area contributed by atoms with Crippen LogP contribution in [0.25, 0.3) is 0 Å². The lowest BCUT2D eigenvalue weighted by Crippen LogP contribution is -1.95. The molecule has 4 N–H and O–H groups in total. The van der Waals surface area contributed by atoms with E-state index in [1.165, 1.54) is 0 Å². The third-order valence-electron chi connectivity index (χ3n) is 1.64. The van der Waals surface area contributed by atoms with Gasteiger partial charge in [-0.05, 0) is 12.1 Å². The third kappa shape index (κ3) is 1.58. The van der Waals surface area contributed by atoms with Crippen molar-refractivity contribution in [2.75, 3.05) is 11.1 Å². The molecular formula is C8H9N5. The Morgan fingerprint density at radius 1 is 1.31 bits per heavy atom. The van der Waals surface area contributed by atoms with E-state index >= 15 is 0 Å². The zero-order valence-corrected chi connectivity index (χ0v) is 6.86. The Morgan fingerprint density at radius 3 is 2.85 bits per heavy atom. The monoisotopic (exact) mass is 175 g/mol. The van der Waals surface area contributed by atoms with Crippen molar-refractivity contribution in [1.82, 2.24) is 15.4 Å². The van der Waals surface area contributed by atoms with E-state index in [-0.39, 0.29) is 0 Å². The summed E-state index contributed by atoms with van der Waals surface area (Å²) in [6, 6.07) is 7.48. The molecule has 0 bridgehead atoms. The molecule has 0 saturated heterocycles. The summed E-state index contributed by atoms with van der Waals surface area (Å²) in [5.41, 5.74) is 7.23. The van der Waals surface area contributed by atoms with Gasteiger partial charge in [0, 0.05) is 0 Å². The Balaban J connectivity index is 2.24. The first-order valence-electron chi connectivity index (χ1n) is 3.83. The van der Waals surface area contributed by atoms with Crippen molar-refractivity contribution in [3.05, 3.63) is 30.5 Å². The average molecular weight is 175 g/mol. The number of nitrogens with zero attached hydrogens (tertiary/aromatic N) is 2. The summed E-state index contributed by atoms with van der Waals surface area (Å²) in [4.78, 5) is 0. The summed E-state index contributed by atoms with van der Waals surface area (Å²) in [5.74, 6) is 0.651. The summed E-state index contributed by atoms with van der Waals surface area (Å²) in [5, 5.41) is 13.0. The zero-order chi connectivity index (χ0) is 9.10. The van der Waals surface area contributed by atoms with Gasteiger partial charge in [0.25, 0.3) is 0 Å². The summed E-state index contributed by atoms with van der Waals surface area (Å²) in [6.45, 7) is 0. The van der Waals surface area contributed by atoms with Gasteiger partial charge >= 0.3 is 0 Å². The number of aromatic nitrogens is 3. The maximum atomic E-state index is 5.72. The number of benzene rings is 1. The van der Waals surface area contributed by atoms with Gasteiger partial charge in [0.2, 0.25) is 0 Å². The van der Waals surface area contributed by atoms with E-state index in [0.29, 0.717) is 11.5 Å². The highest BCUT2D eigenvalue weighted by Crippen LogP contribution is 2.19. The summed E-state index contributed by atoms with van der Waals surface area (Å²) >= 11 is 0. The second-order valence-corrected chi connectivity index (χ2v) is 2.57. The molecule has 0 fully saturated rings. The molecular weight excluding hydrogens is 166 g/mol. The number of nitrogens with one attached hydrogen (secondary N) is 2. The van der Waals surface area contributed by atoms with Crippen LogP contribution < -0.4 is 11.1 Å². The molecule has 5 heteroatoms. The summed E-state index contributed by atoms with van der Waals surface area (Å²) in [6.07, 6.45) is 1.59. The lowest BCUT2D eigenvalue weighted by Gasteiger charge is -2.04. The van der Waals surface area contributed by atoms with Crippen LogP contribution >= 0.6 is 0 Å². The number of hydrogen-bond acceptors (Lipinski definition) is 4. The number of H-pyrrole nitrogens is 1. The van der Waals surface area contributed by atoms with E-state index < -0.39 is 0 Å². The van der Waals surface area contributed by atoms with Crippen LogP contribution in [0.4, 0.5) is 17.2 Å². The van der Waals surface area contributed by atoms with Gasteiger partial charge in [-0.3, -0.25) is 0 Å². The number of para-hydroxylation sites is 2. The van der Waals surface area contributed by atoms with Gasteiger partial charge in [0.05, 0.1) is 17.6 Å². The highest BCUT2D eigenvalue weighted by molar-refractivity contribution is 5.70. The van der Waals surface area contributed by atoms with Crippen LogP contribution in [0.15, 0.2) is 30.5 Å². The normalized spacial score (nSPS) is 9.85. The predicted octanol–water partition coefficient (Wildman–Crippen LogP) is 1.13. The van der Waals surface area contributed by atoms with Crippen molar-refractivity contribution in [2.24, 2.45) is 0 Å². The van der Waals surface area contributed by atoms with E-state index in [9.17, 15) is 0 Å². The fourth-order valence-corrected chi connectivity index (χ4v) is 1.01. The minimum Gasteiger partial charge on any atom is -0.397 e.